The number of nitrogens with zero attached hydrogens (tertiary/aromatic N) is 1. The third kappa shape index (κ3) is 1.64. The van der Waals surface area contributed by atoms with Crippen LogP contribution in [0.15, 0.2) is 18.2 Å². The lowest BCUT2D eigenvalue weighted by Gasteiger charge is -2.02. The van der Waals surface area contributed by atoms with E-state index in [0.717, 1.165) is 29.8 Å². The fourth-order valence-electron chi connectivity index (χ4n) is 1.32. The van der Waals surface area contributed by atoms with Crippen molar-refractivity contribution in [1.82, 2.24) is 9.97 Å². The minimum atomic E-state index is 0.438. The molecule has 0 aliphatic heterocycles. The van der Waals surface area contributed by atoms with Gasteiger partial charge in [0.25, 0.3) is 0 Å². The Hall–Kier alpha value is -1.71. The van der Waals surface area contributed by atoms with Gasteiger partial charge >= 0.3 is 0 Å². The van der Waals surface area contributed by atoms with Crippen molar-refractivity contribution in [2.75, 3.05) is 12.3 Å². The van der Waals surface area contributed by atoms with Crippen LogP contribution in [0.3, 0.4) is 0 Å². The van der Waals surface area contributed by atoms with Gasteiger partial charge in [0.2, 0.25) is 0 Å². The lowest BCUT2D eigenvalue weighted by molar-refractivity contribution is 0.318. The fraction of sp³-hybridized carbons (Fsp3) is 0.300. The van der Waals surface area contributed by atoms with Crippen molar-refractivity contribution in [1.29, 1.82) is 0 Å². The molecule has 1 heterocycles. The molecule has 2 rings (SSSR count). The summed E-state index contributed by atoms with van der Waals surface area (Å²) in [5, 5.41) is 0. The molecular formula is C10H13N3O. The number of ether oxygens (including phenoxy) is 1. The molecule has 1 aromatic heterocycles. The zero-order valence-electron chi connectivity index (χ0n) is 8.08. The van der Waals surface area contributed by atoms with Gasteiger partial charge in [-0.1, -0.05) is 6.92 Å². The number of hydrogen-bond donors (Lipinski definition) is 2. The first-order valence-corrected chi connectivity index (χ1v) is 4.67. The predicted molar refractivity (Wildman–Crippen MR) is 56.3 cm³/mol. The maximum Gasteiger partial charge on any atom is 0.198 e. The minimum absolute atomic E-state index is 0.438. The average molecular weight is 191 g/mol. The second kappa shape index (κ2) is 3.57. The first-order valence-electron chi connectivity index (χ1n) is 4.67. The molecule has 0 unspecified atom stereocenters. The summed E-state index contributed by atoms with van der Waals surface area (Å²) < 4.78 is 5.48. The van der Waals surface area contributed by atoms with E-state index in [-0.39, 0.29) is 0 Å². The Morgan fingerprint density at radius 3 is 3.14 bits per heavy atom. The highest BCUT2D eigenvalue weighted by Crippen LogP contribution is 2.19. The van der Waals surface area contributed by atoms with Gasteiger partial charge in [0.1, 0.15) is 5.75 Å². The first kappa shape index (κ1) is 8.87. The number of nitrogens with two attached hydrogens (primary N) is 1. The number of imidazole rings is 1. The fourth-order valence-corrected chi connectivity index (χ4v) is 1.32. The number of aromatic amines is 1. The number of hydrogen-bond acceptors (Lipinski definition) is 3. The number of aromatic nitrogens is 2. The number of H-pyrrole nitrogens is 1. The first-order chi connectivity index (χ1) is 6.79. The lowest BCUT2D eigenvalue weighted by Crippen LogP contribution is -1.94. The quantitative estimate of drug-likeness (QED) is 0.779. The zero-order chi connectivity index (χ0) is 9.97. The largest absolute Gasteiger partial charge is 0.494 e. The van der Waals surface area contributed by atoms with Gasteiger partial charge in [-0.3, -0.25) is 0 Å². The summed E-state index contributed by atoms with van der Waals surface area (Å²) in [6, 6.07) is 5.71. The number of benzene rings is 1. The molecule has 0 spiro atoms. The summed E-state index contributed by atoms with van der Waals surface area (Å²) in [7, 11) is 0. The molecule has 2 aromatic rings. The molecule has 0 aliphatic rings. The van der Waals surface area contributed by atoms with Crippen molar-refractivity contribution in [2.45, 2.75) is 13.3 Å². The van der Waals surface area contributed by atoms with Crippen LogP contribution in [0.1, 0.15) is 13.3 Å². The van der Waals surface area contributed by atoms with E-state index in [0.29, 0.717) is 5.95 Å². The van der Waals surface area contributed by atoms with E-state index in [1.54, 1.807) is 0 Å². The van der Waals surface area contributed by atoms with Crippen LogP contribution >= 0.6 is 0 Å². The van der Waals surface area contributed by atoms with Crippen molar-refractivity contribution in [3.05, 3.63) is 18.2 Å². The topological polar surface area (TPSA) is 63.9 Å². The number of nitrogens with one attached hydrogen (secondary N) is 1. The Bertz CT molecular complexity index is 436. The Morgan fingerprint density at radius 1 is 1.50 bits per heavy atom. The second-order valence-electron chi connectivity index (χ2n) is 3.15. The average Bonchev–Trinajstić information content (AvgIpc) is 2.54. The molecule has 4 heteroatoms. The molecule has 0 amide bonds. The third-order valence-corrected chi connectivity index (χ3v) is 1.94. The maximum absolute atomic E-state index is 5.53. The Morgan fingerprint density at radius 2 is 2.36 bits per heavy atom. The van der Waals surface area contributed by atoms with E-state index < -0.39 is 0 Å². The molecule has 1 aromatic carbocycles. The smallest absolute Gasteiger partial charge is 0.198 e. The highest BCUT2D eigenvalue weighted by molar-refractivity contribution is 5.78. The van der Waals surface area contributed by atoms with Crippen LogP contribution in [0.5, 0.6) is 5.75 Å². The summed E-state index contributed by atoms with van der Waals surface area (Å²) in [4.78, 5) is 7.06. The van der Waals surface area contributed by atoms with Crippen LogP contribution in [0, 0.1) is 0 Å². The molecule has 3 N–H and O–H groups in total. The van der Waals surface area contributed by atoms with Crippen LogP contribution in [0.25, 0.3) is 11.0 Å². The van der Waals surface area contributed by atoms with Gasteiger partial charge in [-0.05, 0) is 18.6 Å². The monoisotopic (exact) mass is 191 g/mol. The summed E-state index contributed by atoms with van der Waals surface area (Å²) in [5.74, 6) is 1.29. The van der Waals surface area contributed by atoms with E-state index in [4.69, 9.17) is 10.5 Å². The summed E-state index contributed by atoms with van der Waals surface area (Å²) in [5.41, 5.74) is 7.31. The number of fused-ring (bicyclic) bond motifs is 1. The number of nitrogen functional groups attached to an aromatic ring is 1. The Balaban J connectivity index is 2.31. The molecule has 0 aliphatic carbocycles. The molecule has 0 atom stereocenters. The molecule has 14 heavy (non-hydrogen) atoms. The van der Waals surface area contributed by atoms with Crippen molar-refractivity contribution < 1.29 is 4.74 Å². The Kier molecular flexibility index (Phi) is 2.26. The molecule has 0 fully saturated rings. The van der Waals surface area contributed by atoms with Crippen LogP contribution < -0.4 is 10.5 Å². The maximum atomic E-state index is 5.53. The number of rotatable bonds is 3. The molecule has 4 nitrogen and oxygen atoms in total. The highest BCUT2D eigenvalue weighted by atomic mass is 16.5. The zero-order valence-corrected chi connectivity index (χ0v) is 8.08. The van der Waals surface area contributed by atoms with Crippen LogP contribution in [0.2, 0.25) is 0 Å². The van der Waals surface area contributed by atoms with E-state index >= 15 is 0 Å². The summed E-state index contributed by atoms with van der Waals surface area (Å²) in [6.07, 6.45) is 1.00. The van der Waals surface area contributed by atoms with Gasteiger partial charge in [-0.25, -0.2) is 4.98 Å². The van der Waals surface area contributed by atoms with Gasteiger partial charge in [0.15, 0.2) is 5.95 Å². The predicted octanol–water partition coefficient (Wildman–Crippen LogP) is 1.93. The lowest BCUT2D eigenvalue weighted by atomic mass is 10.3. The van der Waals surface area contributed by atoms with E-state index in [1.807, 2.05) is 18.2 Å². The van der Waals surface area contributed by atoms with E-state index in [9.17, 15) is 0 Å². The molecule has 0 radical (unpaired) electrons. The Labute approximate surface area is 82.1 Å². The molecule has 74 valence electrons. The van der Waals surface area contributed by atoms with Crippen molar-refractivity contribution in [2.24, 2.45) is 0 Å². The van der Waals surface area contributed by atoms with Gasteiger partial charge < -0.3 is 15.5 Å². The van der Waals surface area contributed by atoms with Crippen LogP contribution in [0.4, 0.5) is 5.95 Å². The standard InChI is InChI=1S/C10H13N3O/c1-2-5-14-7-3-4-8-9(6-7)13-10(11)12-8/h3-4,6H,2,5H2,1H3,(H3,11,12,13). The normalized spacial score (nSPS) is 10.6. The molecule has 0 saturated heterocycles. The van der Waals surface area contributed by atoms with E-state index in [2.05, 4.69) is 16.9 Å². The van der Waals surface area contributed by atoms with E-state index in [1.165, 1.54) is 0 Å². The van der Waals surface area contributed by atoms with Gasteiger partial charge in [0, 0.05) is 6.07 Å². The highest BCUT2D eigenvalue weighted by Gasteiger charge is 2.01. The summed E-state index contributed by atoms with van der Waals surface area (Å²) >= 11 is 0. The van der Waals surface area contributed by atoms with Crippen molar-refractivity contribution in [3.8, 4) is 5.75 Å². The minimum Gasteiger partial charge on any atom is -0.494 e. The van der Waals surface area contributed by atoms with Gasteiger partial charge in [-0.15, -0.1) is 0 Å². The van der Waals surface area contributed by atoms with Crippen molar-refractivity contribution in [3.63, 3.8) is 0 Å². The number of anilines is 1. The van der Waals surface area contributed by atoms with Gasteiger partial charge in [0.05, 0.1) is 17.6 Å². The second-order valence-corrected chi connectivity index (χ2v) is 3.15. The van der Waals surface area contributed by atoms with Crippen molar-refractivity contribution >= 4 is 17.0 Å². The molecule has 0 saturated carbocycles. The molecular weight excluding hydrogens is 178 g/mol. The van der Waals surface area contributed by atoms with Gasteiger partial charge in [-0.2, -0.15) is 0 Å². The summed E-state index contributed by atoms with van der Waals surface area (Å²) in [6.45, 7) is 2.81. The SMILES string of the molecule is CCCOc1ccc2nc(N)[nH]c2c1. The molecule has 0 bridgehead atoms. The van der Waals surface area contributed by atoms with Crippen LogP contribution in [-0.4, -0.2) is 16.6 Å². The third-order valence-electron chi connectivity index (χ3n) is 1.94. The van der Waals surface area contributed by atoms with Crippen LogP contribution in [-0.2, 0) is 0 Å².